The van der Waals surface area contributed by atoms with Crippen LogP contribution in [-0.2, 0) is 34.1 Å². The largest absolute Gasteiger partial charge is 2.00 e. The van der Waals surface area contributed by atoms with E-state index in [0.29, 0.717) is 22.8 Å². The van der Waals surface area contributed by atoms with Crippen molar-refractivity contribution in [2.75, 3.05) is 0 Å². The van der Waals surface area contributed by atoms with Crippen molar-refractivity contribution in [3.63, 3.8) is 0 Å². The molecule has 0 aliphatic rings. The zero-order chi connectivity index (χ0) is 30.2. The van der Waals surface area contributed by atoms with E-state index in [1.54, 1.807) is 39.8 Å². The smallest absolute Gasteiger partial charge is 0.876 e. The first kappa shape index (κ1) is 40.5. The van der Waals surface area contributed by atoms with E-state index in [4.69, 9.17) is 0 Å². The van der Waals surface area contributed by atoms with Crippen molar-refractivity contribution in [1.82, 2.24) is 0 Å². The summed E-state index contributed by atoms with van der Waals surface area (Å²) in [5.41, 5.74) is 5.45. The molecule has 0 saturated carbocycles. The van der Waals surface area contributed by atoms with Crippen molar-refractivity contribution < 1.29 is 54.6 Å². The van der Waals surface area contributed by atoms with E-state index >= 15 is 0 Å². The van der Waals surface area contributed by atoms with Crippen LogP contribution in [0.15, 0.2) is 116 Å². The molecule has 0 aromatic heterocycles. The van der Waals surface area contributed by atoms with Gasteiger partial charge in [0.15, 0.2) is 0 Å². The van der Waals surface area contributed by atoms with Gasteiger partial charge in [0.05, 0.1) is 22.7 Å². The summed E-state index contributed by atoms with van der Waals surface area (Å²) in [6.45, 7) is 13.0. The van der Waals surface area contributed by atoms with Gasteiger partial charge in [0.2, 0.25) is 0 Å². The topological polar surface area (TPSA) is 142 Å². The van der Waals surface area contributed by atoms with Gasteiger partial charge in [0.1, 0.15) is 0 Å². The number of nitrogens with zero attached hydrogens (tertiary/aromatic N) is 4. The molecule has 230 valence electrons. The van der Waals surface area contributed by atoms with Crippen molar-refractivity contribution >= 4 is 45.6 Å². The summed E-state index contributed by atoms with van der Waals surface area (Å²) in [4.78, 5) is 17.3. The predicted molar refractivity (Wildman–Crippen MR) is 159 cm³/mol. The Bertz CT molecular complexity index is 1200. The number of rotatable bonds is 8. The number of hydrogen-bond acceptors (Lipinski definition) is 8. The minimum absolute atomic E-state index is 0. The molecule has 8 nitrogen and oxygen atoms in total. The fourth-order valence-corrected chi connectivity index (χ4v) is 3.38. The Labute approximate surface area is 270 Å². The van der Waals surface area contributed by atoms with E-state index in [0.717, 1.165) is 22.7 Å². The van der Waals surface area contributed by atoms with Crippen LogP contribution in [0.5, 0.6) is 0 Å². The Morgan fingerprint density at radius 1 is 0.429 bits per heavy atom. The summed E-state index contributed by atoms with van der Waals surface area (Å²) in [6, 6.07) is 14.6. The molecule has 0 aliphatic heterocycles. The molecule has 0 aliphatic carbocycles. The maximum absolute atomic E-state index is 11.0. The zero-order valence-corrected chi connectivity index (χ0v) is 26.8. The van der Waals surface area contributed by atoms with Crippen molar-refractivity contribution in [2.45, 2.75) is 55.4 Å². The maximum atomic E-state index is 11.0. The summed E-state index contributed by atoms with van der Waals surface area (Å²) in [5.74, 6) is -0.140. The van der Waals surface area contributed by atoms with Crippen LogP contribution in [0.4, 0.5) is 22.7 Å². The molecule has 2 aromatic carbocycles. The first-order chi connectivity index (χ1) is 18.7. The van der Waals surface area contributed by atoms with Gasteiger partial charge >= 0.3 is 34.1 Å². The molecule has 0 heterocycles. The fourth-order valence-electron chi connectivity index (χ4n) is 3.38. The fraction of sp³-hybridized carbons (Fsp3) is 0.250. The van der Waals surface area contributed by atoms with Gasteiger partial charge in [-0.2, -0.15) is 0 Å². The average molecular weight is 668 g/mol. The molecule has 2 rings (SSSR count). The standard InChI is InChI=1S/2C16H20N2O2.2Cu/c2*1-11(8-13(3)19)17-15-6-5-7-16(10-15)18-12(2)9-14(4)20;;/h2*5-10,19-20H,1-4H3;;/q;;2*+2/p-4/b2*13-8-,14-9-,17-11?,18-12?;;. The second-order valence-electron chi connectivity index (χ2n) is 9.07. The Hall–Kier alpha value is -3.68. The van der Waals surface area contributed by atoms with Crippen LogP contribution in [0, 0.1) is 0 Å². The molecule has 0 spiro atoms. The molecular formula is C32H36Cu2N4O4. The van der Waals surface area contributed by atoms with Gasteiger partial charge in [-0.1, -0.05) is 64.1 Å². The quantitative estimate of drug-likeness (QED) is 0.227. The molecule has 2 aromatic rings. The second-order valence-corrected chi connectivity index (χ2v) is 9.07. The van der Waals surface area contributed by atoms with E-state index in [-0.39, 0.29) is 57.2 Å². The van der Waals surface area contributed by atoms with Gasteiger partial charge in [0, 0.05) is 22.8 Å². The minimum Gasteiger partial charge on any atom is -0.876 e. The molecule has 0 unspecified atom stereocenters. The van der Waals surface area contributed by atoms with E-state index in [9.17, 15) is 20.4 Å². The van der Waals surface area contributed by atoms with Crippen LogP contribution in [0.25, 0.3) is 0 Å². The number of allylic oxidation sites excluding steroid dienone is 8. The molecular weight excluding hydrogens is 631 g/mol. The van der Waals surface area contributed by atoms with Gasteiger partial charge in [-0.3, -0.25) is 20.0 Å². The van der Waals surface area contributed by atoms with Gasteiger partial charge < -0.3 is 20.4 Å². The van der Waals surface area contributed by atoms with Crippen molar-refractivity contribution in [2.24, 2.45) is 20.0 Å². The summed E-state index contributed by atoms with van der Waals surface area (Å²) in [6.07, 6.45) is 5.91. The van der Waals surface area contributed by atoms with E-state index in [1.807, 2.05) is 36.4 Å². The second kappa shape index (κ2) is 21.1. The third kappa shape index (κ3) is 19.4. The molecule has 0 amide bonds. The van der Waals surface area contributed by atoms with Gasteiger partial charge in [-0.15, -0.1) is 23.0 Å². The first-order valence-corrected chi connectivity index (χ1v) is 12.6. The van der Waals surface area contributed by atoms with E-state index < -0.39 is 0 Å². The maximum Gasteiger partial charge on any atom is 2.00 e. The summed E-state index contributed by atoms with van der Waals surface area (Å²) >= 11 is 0. The SMILES string of the molecule is CC(/C=C(/C)[O-])=Nc1cccc(N=C(C)/C=C(/C)[O-])c1.CC(/C=C(/C)[O-])=Nc1cccc(N=C(C)/C=C(/C)[O-])c1.[Cu+2].[Cu+2]. The third-order valence-corrected chi connectivity index (χ3v) is 4.53. The Balaban J connectivity index is 0. The van der Waals surface area contributed by atoms with Gasteiger partial charge in [0.25, 0.3) is 0 Å². The van der Waals surface area contributed by atoms with E-state index in [2.05, 4.69) is 20.0 Å². The van der Waals surface area contributed by atoms with Crippen molar-refractivity contribution in [3.05, 3.63) is 95.9 Å². The minimum atomic E-state index is -0.0349. The third-order valence-electron chi connectivity index (χ3n) is 4.53. The van der Waals surface area contributed by atoms with Crippen LogP contribution in [-0.4, -0.2) is 22.8 Å². The van der Waals surface area contributed by atoms with Crippen LogP contribution >= 0.6 is 0 Å². The summed E-state index contributed by atoms with van der Waals surface area (Å²) in [7, 11) is 0. The molecule has 0 atom stereocenters. The van der Waals surface area contributed by atoms with Crippen molar-refractivity contribution in [1.29, 1.82) is 0 Å². The zero-order valence-electron chi connectivity index (χ0n) is 25.0. The van der Waals surface area contributed by atoms with Crippen LogP contribution in [0.2, 0.25) is 0 Å². The molecule has 0 fully saturated rings. The molecule has 10 heteroatoms. The number of hydrogen-bond donors (Lipinski definition) is 0. The molecule has 42 heavy (non-hydrogen) atoms. The number of benzene rings is 2. The molecule has 0 bridgehead atoms. The number of aliphatic imine (C=N–C) groups is 4. The summed E-state index contributed by atoms with van der Waals surface area (Å²) in [5, 5.41) is 43.9. The van der Waals surface area contributed by atoms with Gasteiger partial charge in [-0.05, 0) is 64.1 Å². The summed E-state index contributed by atoms with van der Waals surface area (Å²) < 4.78 is 0. The Kier molecular flexibility index (Phi) is 20.3. The van der Waals surface area contributed by atoms with Gasteiger partial charge in [-0.25, -0.2) is 0 Å². The first-order valence-electron chi connectivity index (χ1n) is 12.6. The predicted octanol–water partition coefficient (Wildman–Crippen LogP) is 4.79. The van der Waals surface area contributed by atoms with Crippen LogP contribution in [0.1, 0.15) is 55.4 Å². The molecule has 0 saturated heterocycles. The van der Waals surface area contributed by atoms with Crippen LogP contribution < -0.4 is 20.4 Å². The monoisotopic (exact) mass is 666 g/mol. The van der Waals surface area contributed by atoms with E-state index in [1.165, 1.54) is 52.0 Å². The van der Waals surface area contributed by atoms with Crippen LogP contribution in [0.3, 0.4) is 0 Å². The molecule has 0 N–H and O–H groups in total. The Morgan fingerprint density at radius 2 is 0.619 bits per heavy atom. The Morgan fingerprint density at radius 3 is 0.786 bits per heavy atom. The normalized spacial score (nSPS) is 13.9. The average Bonchev–Trinajstić information content (AvgIpc) is 2.77. The van der Waals surface area contributed by atoms with Crippen molar-refractivity contribution in [3.8, 4) is 0 Å². The molecule has 2 radical (unpaired) electrons.